The van der Waals surface area contributed by atoms with Crippen molar-refractivity contribution in [2.75, 3.05) is 0 Å². The molecule has 5 heteroatoms. The minimum atomic E-state index is -0.994. The quantitative estimate of drug-likeness (QED) is 0.623. The number of halogens is 3. The summed E-state index contributed by atoms with van der Waals surface area (Å²) in [6.45, 7) is 7.21. The summed E-state index contributed by atoms with van der Waals surface area (Å²) in [5.74, 6) is 0. The summed E-state index contributed by atoms with van der Waals surface area (Å²) in [6.07, 6.45) is 5.80. The van der Waals surface area contributed by atoms with Gasteiger partial charge in [0.1, 0.15) is 0 Å². The second-order valence-corrected chi connectivity index (χ2v) is 9.73. The van der Waals surface area contributed by atoms with Gasteiger partial charge in [-0.25, -0.2) is 0 Å². The van der Waals surface area contributed by atoms with Crippen molar-refractivity contribution >= 4 is 8.07 Å². The van der Waals surface area contributed by atoms with Crippen molar-refractivity contribution in [3.8, 4) is 0 Å². The first-order valence-corrected chi connectivity index (χ1v) is 7.91. The average Bonchev–Trinajstić information content (AvgIpc) is 2.11. The van der Waals surface area contributed by atoms with E-state index in [0.29, 0.717) is 0 Å². The van der Waals surface area contributed by atoms with Crippen molar-refractivity contribution in [1.29, 1.82) is 0 Å². The van der Waals surface area contributed by atoms with E-state index in [4.69, 9.17) is 0 Å². The van der Waals surface area contributed by atoms with Gasteiger partial charge in [-0.05, 0) is 0 Å². The van der Waals surface area contributed by atoms with Crippen LogP contribution in [0.5, 0.6) is 0 Å². The molecule has 0 saturated heterocycles. The normalized spacial score (nSPS) is 14.3. The Bertz CT molecular complexity index is 206. The molecule has 0 saturated carbocycles. The van der Waals surface area contributed by atoms with E-state index in [1.807, 2.05) is 0 Å². The first kappa shape index (κ1) is 18.9. The van der Waals surface area contributed by atoms with Crippen molar-refractivity contribution in [3.63, 3.8) is 0 Å². The van der Waals surface area contributed by atoms with Crippen LogP contribution in [0.25, 0.3) is 0 Å². The van der Waals surface area contributed by atoms with Gasteiger partial charge in [0.05, 0.1) is 0 Å². The first-order valence-electron chi connectivity index (χ1n) is 3.63. The Labute approximate surface area is 90.0 Å². The van der Waals surface area contributed by atoms with Crippen LogP contribution in [0.1, 0.15) is 6.42 Å². The fourth-order valence-electron chi connectivity index (χ4n) is 1.21. The van der Waals surface area contributed by atoms with Crippen LogP contribution in [0.15, 0.2) is 21.2 Å². The Morgan fingerprint density at radius 1 is 1.15 bits per heavy atom. The molecule has 0 aromatic carbocycles. The van der Waals surface area contributed by atoms with Crippen LogP contribution >= 0.6 is 0 Å². The van der Waals surface area contributed by atoms with Crippen LogP contribution in [0.2, 0.25) is 19.6 Å². The van der Waals surface area contributed by atoms with Gasteiger partial charge in [-0.2, -0.15) is 0 Å². The second-order valence-electron chi connectivity index (χ2n) is 3.75. The fourth-order valence-corrected chi connectivity index (χ4v) is 4.90. The topological polar surface area (TPSA) is 0 Å². The van der Waals surface area contributed by atoms with Crippen LogP contribution in [0, 0.1) is 0 Å². The van der Waals surface area contributed by atoms with Gasteiger partial charge in [0, 0.05) is 0 Å². The van der Waals surface area contributed by atoms with Crippen molar-refractivity contribution in [1.82, 2.24) is 0 Å². The van der Waals surface area contributed by atoms with Gasteiger partial charge in [-0.1, -0.05) is 0 Å². The summed E-state index contributed by atoms with van der Waals surface area (Å²) in [7, 11) is -0.994. The van der Waals surface area contributed by atoms with Gasteiger partial charge in [-0.3, -0.25) is 14.1 Å². The molecule has 0 aliphatic heterocycles. The van der Waals surface area contributed by atoms with Crippen LogP contribution < -0.4 is 0 Å². The summed E-state index contributed by atoms with van der Waals surface area (Å²) < 4.78 is 1.60. The van der Waals surface area contributed by atoms with E-state index in [1.165, 1.54) is 6.42 Å². The van der Waals surface area contributed by atoms with E-state index in [1.54, 1.807) is 9.07 Å². The Hall–Kier alpha value is 0.201. The van der Waals surface area contributed by atoms with Crippen LogP contribution in [-0.2, 0) is 20.4 Å². The summed E-state index contributed by atoms with van der Waals surface area (Å²) in [6, 6.07) is 0. The molecule has 0 nitrogen and oxygen atoms in total. The molecule has 0 spiro atoms. The zero-order chi connectivity index (χ0) is 7.78. The second kappa shape index (κ2) is 6.62. The SMILES string of the molecule is C[Si](C)(C)C1=[C]([Ti])CC=C1.F.F.F. The summed E-state index contributed by atoms with van der Waals surface area (Å²) >= 11 is 2.26. The van der Waals surface area contributed by atoms with Crippen molar-refractivity contribution in [3.05, 3.63) is 21.2 Å². The Morgan fingerprint density at radius 2 is 1.62 bits per heavy atom. The Morgan fingerprint density at radius 3 is 1.77 bits per heavy atom. The van der Waals surface area contributed by atoms with Gasteiger partial charge < -0.3 is 0 Å². The number of rotatable bonds is 1. The molecule has 0 unspecified atom stereocenters. The third-order valence-electron chi connectivity index (χ3n) is 1.74. The van der Waals surface area contributed by atoms with Gasteiger partial charge in [0.15, 0.2) is 0 Å². The molecule has 0 amide bonds. The van der Waals surface area contributed by atoms with Crippen molar-refractivity contribution in [2.24, 2.45) is 0 Å². The van der Waals surface area contributed by atoms with E-state index in [0.717, 1.165) is 0 Å². The molecule has 0 N–H and O–H groups in total. The summed E-state index contributed by atoms with van der Waals surface area (Å²) in [5.41, 5.74) is 0. The first-order chi connectivity index (χ1) is 4.52. The van der Waals surface area contributed by atoms with E-state index in [2.05, 4.69) is 52.2 Å². The molecule has 13 heavy (non-hydrogen) atoms. The molecular weight excluding hydrogens is 229 g/mol. The predicted molar refractivity (Wildman–Crippen MR) is 51.6 cm³/mol. The number of hydrogen-bond donors (Lipinski definition) is 0. The minimum absolute atomic E-state index is 0. The number of allylic oxidation sites excluding steroid dienone is 4. The van der Waals surface area contributed by atoms with E-state index >= 15 is 0 Å². The smallest absolute Gasteiger partial charge is 0.269 e. The third-order valence-corrected chi connectivity index (χ3v) is 4.95. The molecule has 0 aromatic heterocycles. The van der Waals surface area contributed by atoms with Crippen molar-refractivity contribution < 1.29 is 34.5 Å². The van der Waals surface area contributed by atoms with Gasteiger partial charge >= 0.3 is 75.8 Å². The third kappa shape index (κ3) is 4.84. The maximum Gasteiger partial charge on any atom is -0.269 e. The molecule has 0 radical (unpaired) electrons. The Balaban J connectivity index is -0.000000333. The van der Waals surface area contributed by atoms with Gasteiger partial charge in [0.25, 0.3) is 0 Å². The molecular formula is C8H16F3SiTi. The summed E-state index contributed by atoms with van der Waals surface area (Å²) in [4.78, 5) is 0. The maximum atomic E-state index is 2.40. The van der Waals surface area contributed by atoms with Crippen LogP contribution in [0.3, 0.4) is 0 Å². The summed E-state index contributed by atoms with van der Waals surface area (Å²) in [5, 5.41) is 1.66. The Kier molecular flexibility index (Phi) is 9.62. The van der Waals surface area contributed by atoms with Crippen LogP contribution in [0.4, 0.5) is 14.1 Å². The van der Waals surface area contributed by atoms with Crippen molar-refractivity contribution in [2.45, 2.75) is 26.1 Å². The minimum Gasteiger partial charge on any atom is -0.269 e. The molecule has 1 aliphatic carbocycles. The molecule has 0 aromatic rings. The van der Waals surface area contributed by atoms with E-state index in [9.17, 15) is 0 Å². The molecule has 0 bridgehead atoms. The predicted octanol–water partition coefficient (Wildman–Crippen LogP) is 3.08. The van der Waals surface area contributed by atoms with Gasteiger partial charge in [-0.15, -0.1) is 0 Å². The van der Waals surface area contributed by atoms with E-state index in [-0.39, 0.29) is 14.1 Å². The standard InChI is InChI=1S/C8H13Si.3FH.Ti/c1-9(2,3)8-6-4-5-7-8;;;;/h4,6H,5H2,1-3H3;3*1H;. The zero-order valence-electron chi connectivity index (χ0n) is 8.09. The largest absolute Gasteiger partial charge is 0.269 e. The molecule has 1 aliphatic rings. The zero-order valence-corrected chi connectivity index (χ0v) is 10.6. The molecule has 0 atom stereocenters. The molecule has 0 heterocycles. The molecule has 0 fully saturated rings. The maximum absolute atomic E-state index is 2.40. The van der Waals surface area contributed by atoms with Gasteiger partial charge in [0.2, 0.25) is 0 Å². The van der Waals surface area contributed by atoms with E-state index < -0.39 is 8.07 Å². The molecule has 1 rings (SSSR count). The number of hydrogen-bond acceptors (Lipinski definition) is 0. The fraction of sp³-hybridized carbons (Fsp3) is 0.500. The molecule has 77 valence electrons. The monoisotopic (exact) mass is 245 g/mol. The van der Waals surface area contributed by atoms with Crippen LogP contribution in [-0.4, -0.2) is 8.07 Å². The average molecular weight is 245 g/mol.